The maximum Gasteiger partial charge on any atom is 0.329 e. The van der Waals surface area contributed by atoms with Gasteiger partial charge in [-0.05, 0) is 36.5 Å². The van der Waals surface area contributed by atoms with E-state index >= 15 is 0 Å². The second-order valence-electron chi connectivity index (χ2n) is 5.53. The van der Waals surface area contributed by atoms with Crippen LogP contribution in [0.5, 0.6) is 0 Å². The van der Waals surface area contributed by atoms with Crippen LogP contribution in [0.25, 0.3) is 11.1 Å². The number of aromatic nitrogens is 2. The molecule has 1 aromatic carbocycles. The van der Waals surface area contributed by atoms with Crippen LogP contribution in [0.4, 0.5) is 4.39 Å². The molecule has 0 spiro atoms. The maximum atomic E-state index is 13.0. The van der Waals surface area contributed by atoms with E-state index in [1.807, 2.05) is 0 Å². The average Bonchev–Trinajstić information content (AvgIpc) is 2.38. The molecule has 1 fully saturated rings. The van der Waals surface area contributed by atoms with E-state index in [1.165, 1.54) is 28.8 Å². The minimum absolute atomic E-state index is 0.0137. The normalized spacial score (nSPS) is 21.1. The van der Waals surface area contributed by atoms with Crippen molar-refractivity contribution in [2.24, 2.45) is 5.92 Å². The van der Waals surface area contributed by atoms with Gasteiger partial charge in [-0.2, -0.15) is 0 Å². The van der Waals surface area contributed by atoms with Crippen LogP contribution in [0.3, 0.4) is 0 Å². The van der Waals surface area contributed by atoms with Crippen LogP contribution in [0.1, 0.15) is 25.8 Å². The maximum absolute atomic E-state index is 13.0. The Labute approximate surface area is 125 Å². The first-order valence-electron chi connectivity index (χ1n) is 6.77. The third-order valence-electron chi connectivity index (χ3n) is 3.93. The van der Waals surface area contributed by atoms with Gasteiger partial charge in [0.15, 0.2) is 0 Å². The van der Waals surface area contributed by atoms with E-state index in [2.05, 4.69) is 11.9 Å². The van der Waals surface area contributed by atoms with E-state index in [4.69, 9.17) is 11.6 Å². The van der Waals surface area contributed by atoms with Crippen LogP contribution >= 0.6 is 11.6 Å². The summed E-state index contributed by atoms with van der Waals surface area (Å²) >= 11 is 6.01. The summed E-state index contributed by atoms with van der Waals surface area (Å²) in [7, 11) is 0. The summed E-state index contributed by atoms with van der Waals surface area (Å²) < 4.78 is 14.2. The molecule has 3 rings (SSSR count). The highest BCUT2D eigenvalue weighted by Crippen LogP contribution is 2.36. The number of H-pyrrole nitrogens is 1. The Morgan fingerprint density at radius 2 is 1.86 bits per heavy atom. The summed E-state index contributed by atoms with van der Waals surface area (Å²) in [4.78, 5) is 27.1. The SMILES string of the molecule is CC1CC(n2c(=O)[nH]c(Cl)c(-c3ccc(F)cc3)c2=O)C1. The van der Waals surface area contributed by atoms with Gasteiger partial charge in [-0.25, -0.2) is 9.18 Å². The Morgan fingerprint density at radius 1 is 1.24 bits per heavy atom. The first-order chi connectivity index (χ1) is 9.97. The molecule has 2 aromatic rings. The zero-order valence-corrected chi connectivity index (χ0v) is 12.2. The fourth-order valence-corrected chi connectivity index (χ4v) is 3.06. The molecule has 1 aliphatic rings. The smallest absolute Gasteiger partial charge is 0.297 e. The number of halogens is 2. The molecular formula is C15H14ClFN2O2. The second kappa shape index (κ2) is 5.15. The zero-order chi connectivity index (χ0) is 15.1. The Bertz CT molecular complexity index is 789. The lowest BCUT2D eigenvalue weighted by Crippen LogP contribution is -2.43. The molecule has 0 bridgehead atoms. The van der Waals surface area contributed by atoms with Gasteiger partial charge in [-0.1, -0.05) is 30.7 Å². The van der Waals surface area contributed by atoms with Crippen molar-refractivity contribution in [3.8, 4) is 11.1 Å². The number of hydrogen-bond acceptors (Lipinski definition) is 2. The molecular weight excluding hydrogens is 295 g/mol. The van der Waals surface area contributed by atoms with Crippen LogP contribution in [-0.2, 0) is 0 Å². The summed E-state index contributed by atoms with van der Waals surface area (Å²) in [6.45, 7) is 2.08. The largest absolute Gasteiger partial charge is 0.329 e. The predicted octanol–water partition coefficient (Wildman–Crippen LogP) is 2.97. The van der Waals surface area contributed by atoms with Crippen molar-refractivity contribution in [3.63, 3.8) is 0 Å². The minimum Gasteiger partial charge on any atom is -0.297 e. The number of nitrogens with one attached hydrogen (secondary N) is 1. The highest BCUT2D eigenvalue weighted by molar-refractivity contribution is 6.32. The molecule has 4 nitrogen and oxygen atoms in total. The van der Waals surface area contributed by atoms with E-state index < -0.39 is 17.1 Å². The summed E-state index contributed by atoms with van der Waals surface area (Å²) in [5.41, 5.74) is -0.223. The van der Waals surface area contributed by atoms with Crippen molar-refractivity contribution in [2.75, 3.05) is 0 Å². The standard InChI is InChI=1S/C15H14ClFN2O2/c1-8-6-11(7-8)19-14(20)12(13(16)18-15(19)21)9-2-4-10(17)5-3-9/h2-5,8,11H,6-7H2,1H3,(H,18,21). The molecule has 0 unspecified atom stereocenters. The number of rotatable bonds is 2. The molecule has 6 heteroatoms. The van der Waals surface area contributed by atoms with Crippen LogP contribution < -0.4 is 11.2 Å². The highest BCUT2D eigenvalue weighted by atomic mass is 35.5. The first kappa shape index (κ1) is 14.1. The lowest BCUT2D eigenvalue weighted by Gasteiger charge is -2.33. The Kier molecular flexibility index (Phi) is 3.45. The Hall–Kier alpha value is -1.88. The average molecular weight is 309 g/mol. The summed E-state index contributed by atoms with van der Waals surface area (Å²) in [6, 6.07) is 5.37. The summed E-state index contributed by atoms with van der Waals surface area (Å²) in [6.07, 6.45) is 1.60. The monoisotopic (exact) mass is 308 g/mol. The lowest BCUT2D eigenvalue weighted by atomic mass is 9.81. The zero-order valence-electron chi connectivity index (χ0n) is 11.4. The Morgan fingerprint density at radius 3 is 2.43 bits per heavy atom. The third-order valence-corrected chi connectivity index (χ3v) is 4.22. The van der Waals surface area contributed by atoms with E-state index in [1.54, 1.807) is 0 Å². The molecule has 1 saturated carbocycles. The quantitative estimate of drug-likeness (QED) is 0.867. The fourth-order valence-electron chi connectivity index (χ4n) is 2.79. The van der Waals surface area contributed by atoms with Gasteiger partial charge in [0.05, 0.1) is 5.56 Å². The van der Waals surface area contributed by atoms with E-state index in [0.717, 1.165) is 12.8 Å². The van der Waals surface area contributed by atoms with Crippen molar-refractivity contribution >= 4 is 11.6 Å². The Balaban J connectivity index is 2.17. The topological polar surface area (TPSA) is 54.9 Å². The van der Waals surface area contributed by atoms with Gasteiger partial charge in [0, 0.05) is 6.04 Å². The molecule has 0 saturated heterocycles. The lowest BCUT2D eigenvalue weighted by molar-refractivity contribution is 0.205. The van der Waals surface area contributed by atoms with Gasteiger partial charge in [0.2, 0.25) is 0 Å². The summed E-state index contributed by atoms with van der Waals surface area (Å²) in [5, 5.41) is -0.0137. The highest BCUT2D eigenvalue weighted by Gasteiger charge is 2.30. The molecule has 21 heavy (non-hydrogen) atoms. The molecule has 110 valence electrons. The van der Waals surface area contributed by atoms with Crippen LogP contribution in [0.2, 0.25) is 5.15 Å². The molecule has 0 aliphatic heterocycles. The molecule has 1 N–H and O–H groups in total. The van der Waals surface area contributed by atoms with E-state index in [0.29, 0.717) is 11.5 Å². The van der Waals surface area contributed by atoms with Crippen LogP contribution in [0.15, 0.2) is 33.9 Å². The number of hydrogen-bond donors (Lipinski definition) is 1. The van der Waals surface area contributed by atoms with E-state index in [9.17, 15) is 14.0 Å². The molecule has 0 amide bonds. The molecule has 0 radical (unpaired) electrons. The fraction of sp³-hybridized carbons (Fsp3) is 0.333. The number of nitrogens with zero attached hydrogens (tertiary/aromatic N) is 1. The predicted molar refractivity (Wildman–Crippen MR) is 79.2 cm³/mol. The van der Waals surface area contributed by atoms with E-state index in [-0.39, 0.29) is 16.8 Å². The van der Waals surface area contributed by atoms with Crippen molar-refractivity contribution in [2.45, 2.75) is 25.8 Å². The number of benzene rings is 1. The molecule has 1 heterocycles. The van der Waals surface area contributed by atoms with Crippen molar-refractivity contribution < 1.29 is 4.39 Å². The van der Waals surface area contributed by atoms with Crippen LogP contribution in [-0.4, -0.2) is 9.55 Å². The first-order valence-corrected chi connectivity index (χ1v) is 7.15. The third kappa shape index (κ3) is 2.42. The molecule has 1 aromatic heterocycles. The van der Waals surface area contributed by atoms with Gasteiger partial charge < -0.3 is 0 Å². The van der Waals surface area contributed by atoms with Crippen LogP contribution in [0, 0.1) is 11.7 Å². The van der Waals surface area contributed by atoms with Crippen molar-refractivity contribution in [1.82, 2.24) is 9.55 Å². The van der Waals surface area contributed by atoms with Gasteiger partial charge in [0.25, 0.3) is 5.56 Å². The van der Waals surface area contributed by atoms with Gasteiger partial charge in [-0.15, -0.1) is 0 Å². The second-order valence-corrected chi connectivity index (χ2v) is 5.91. The van der Waals surface area contributed by atoms with Gasteiger partial charge in [-0.3, -0.25) is 14.3 Å². The van der Waals surface area contributed by atoms with Crippen molar-refractivity contribution in [3.05, 3.63) is 56.1 Å². The van der Waals surface area contributed by atoms with Gasteiger partial charge >= 0.3 is 5.69 Å². The minimum atomic E-state index is -0.493. The van der Waals surface area contributed by atoms with Gasteiger partial charge in [0.1, 0.15) is 11.0 Å². The molecule has 0 atom stereocenters. The molecule has 1 aliphatic carbocycles. The summed E-state index contributed by atoms with van der Waals surface area (Å²) in [5.74, 6) is 0.110. The van der Waals surface area contributed by atoms with Crippen molar-refractivity contribution in [1.29, 1.82) is 0 Å². The number of aromatic amines is 1.